The first kappa shape index (κ1) is 93.9. The van der Waals surface area contributed by atoms with Crippen LogP contribution in [-0.2, 0) is 33.3 Å². The van der Waals surface area contributed by atoms with Crippen LogP contribution in [0.4, 0.5) is 17.1 Å². The number of amides is 3. The first-order valence-corrected chi connectivity index (χ1v) is 45.4. The van der Waals surface area contributed by atoms with E-state index in [4.69, 9.17) is 18.9 Å². The molecule has 3 aromatic rings. The number of thiophene rings is 3. The summed E-state index contributed by atoms with van der Waals surface area (Å²) in [5.74, 6) is 16.4. The van der Waals surface area contributed by atoms with E-state index >= 15 is 0 Å². The van der Waals surface area contributed by atoms with Crippen LogP contribution in [0, 0.1) is 81.4 Å². The fraction of sp³-hybridized carbons (Fsp3) is 0.720. The van der Waals surface area contributed by atoms with E-state index in [-0.39, 0.29) is 118 Å². The summed E-state index contributed by atoms with van der Waals surface area (Å²) >= 11 is 3.36. The molecule has 1 aliphatic heterocycles. The molecule has 8 aliphatic carbocycles. The quantitative estimate of drug-likeness (QED) is 0.0363. The van der Waals surface area contributed by atoms with Gasteiger partial charge in [0.2, 0.25) is 17.7 Å². The van der Waals surface area contributed by atoms with Crippen molar-refractivity contribution in [3.8, 4) is 35.5 Å². The molecule has 0 spiro atoms. The molecule has 642 valence electrons. The molecule has 0 unspecified atom stereocenters. The Morgan fingerprint density at radius 3 is 1.09 bits per heavy atom. The SMILES string of the molecule is C.CC1=CC[C@H](C(=O)N(c2cc(C#CC(C)(C)CO)sc2C(=O)O)C2CCC(O)(COC3CCCC3)CC2)CC1.CC1CCC(C(=O)N(c2cc(C#CC(C)(C)C)sc2C(=O)O)C2CCC(O)(COC3CCCC3)CC2)CC1.CC1CCC(C(=O)N(c2cc(C#CC(C)(C)C)sc2C(=O)O)C2CCC(O)(CO[C@H]3CCOC3)CC2)CC1. The normalized spacial score (nSPS) is 27.9. The zero-order chi connectivity index (χ0) is 83.2. The minimum absolute atomic E-state index is 0. The van der Waals surface area contributed by atoms with Crippen LogP contribution < -0.4 is 14.7 Å². The zero-order valence-electron chi connectivity index (χ0n) is 70.3. The molecule has 116 heavy (non-hydrogen) atoms. The number of rotatable bonds is 22. The zero-order valence-corrected chi connectivity index (χ0v) is 72.8. The third kappa shape index (κ3) is 26.5. The van der Waals surface area contributed by atoms with E-state index in [0.29, 0.717) is 153 Å². The summed E-state index contributed by atoms with van der Waals surface area (Å²) in [6.45, 7) is 24.3. The number of aromatic carboxylic acids is 3. The maximum absolute atomic E-state index is 14.1. The number of nitrogens with zero attached hydrogens (tertiary/aromatic N) is 3. The first-order chi connectivity index (χ1) is 54.4. The van der Waals surface area contributed by atoms with E-state index in [1.807, 2.05) is 55.4 Å². The van der Waals surface area contributed by atoms with Gasteiger partial charge < -0.3 is 69.4 Å². The fourth-order valence-electron chi connectivity index (χ4n) is 17.6. The summed E-state index contributed by atoms with van der Waals surface area (Å²) in [6, 6.07) is 4.79. The van der Waals surface area contributed by atoms with Gasteiger partial charge in [-0.15, -0.1) is 34.0 Å². The molecule has 12 rings (SSSR count). The van der Waals surface area contributed by atoms with Crippen LogP contribution >= 0.6 is 34.0 Å². The van der Waals surface area contributed by atoms with Gasteiger partial charge in [0.25, 0.3) is 0 Å². The summed E-state index contributed by atoms with van der Waals surface area (Å²) < 4.78 is 23.4. The Hall–Kier alpha value is -5.98. The Morgan fingerprint density at radius 2 is 0.793 bits per heavy atom. The molecule has 7 saturated carbocycles. The van der Waals surface area contributed by atoms with Crippen LogP contribution in [0.1, 0.15) is 333 Å². The van der Waals surface area contributed by atoms with E-state index in [1.165, 1.54) is 31.3 Å². The number of carboxylic acids is 3. The predicted molar refractivity (Wildman–Crippen MR) is 460 cm³/mol. The van der Waals surface area contributed by atoms with Gasteiger partial charge in [-0.25, -0.2) is 14.4 Å². The monoisotopic (exact) mass is 1660 g/mol. The standard InChI is InChI=1S/C31H43NO6S.C31H45NO5S.C30H43NO6S.CH4/c1-21-8-10-22(11-9-21)28(34)32(23-12-16-31(37,17-13-23)20-38-24-6-4-5-7-24)26-18-25(39-27(26)29(35)36)14-15-30(2,3)19-33;1-21-9-11-22(12-10-21)28(33)32(26-19-25(15-16-30(2,3)4)38-27(26)29(34)35)23-13-17-31(36,18-14-23)20-37-24-7-5-6-8-24;1-20-5-7-21(8-6-20)27(32)31(25-17-24(11-13-29(2,3)4)38-26(25)28(33)34)22-9-14-30(35,15-10-22)19-37-23-12-16-36-18-23;/h8,18,22-24,33,37H,4-7,9-13,16-17,19-20H2,1-3H3,(H,35,36);19,21-24,36H,5-14,17-18,20H2,1-4H3,(H,34,35);17,20-23,35H,5-10,12,14-16,18-19H2,1-4H3,(H,33,34);1H4/t22-,23?,31?;;20?,21?,22?,23-,30?;/m0.0./s1. The van der Waals surface area contributed by atoms with Gasteiger partial charge in [0.1, 0.15) is 14.6 Å². The van der Waals surface area contributed by atoms with Gasteiger partial charge in [-0.1, -0.05) is 94.1 Å². The molecule has 9 aliphatic rings. The number of hydrogen-bond donors (Lipinski definition) is 7. The fourth-order valence-corrected chi connectivity index (χ4v) is 20.1. The number of carbonyl (C=O) groups is 6. The van der Waals surface area contributed by atoms with Gasteiger partial charge in [0, 0.05) is 58.7 Å². The van der Waals surface area contributed by atoms with Crippen molar-refractivity contribution in [1.82, 2.24) is 0 Å². The number of hydrogen-bond acceptors (Lipinski definition) is 17. The number of allylic oxidation sites excluding steroid dienone is 2. The third-order valence-corrected chi connectivity index (χ3v) is 28.1. The first-order valence-electron chi connectivity index (χ1n) is 42.9. The second-order valence-electron chi connectivity index (χ2n) is 37.8. The van der Waals surface area contributed by atoms with Gasteiger partial charge in [-0.2, -0.15) is 0 Å². The minimum Gasteiger partial charge on any atom is -0.477 e. The van der Waals surface area contributed by atoms with Crippen LogP contribution in [-0.4, -0.2) is 164 Å². The summed E-state index contributed by atoms with van der Waals surface area (Å²) in [5.41, 5.74) is -1.20. The molecule has 1 saturated heterocycles. The highest BCUT2D eigenvalue weighted by Crippen LogP contribution is 2.46. The van der Waals surface area contributed by atoms with Crippen molar-refractivity contribution in [3.05, 3.63) is 59.1 Å². The maximum atomic E-state index is 14.1. The maximum Gasteiger partial charge on any atom is 0.348 e. The Labute approximate surface area is 703 Å². The number of aliphatic hydroxyl groups is 4. The molecule has 8 fully saturated rings. The van der Waals surface area contributed by atoms with Crippen molar-refractivity contribution in [2.45, 2.75) is 342 Å². The minimum atomic E-state index is -1.08. The van der Waals surface area contributed by atoms with E-state index < -0.39 is 40.1 Å². The predicted octanol–water partition coefficient (Wildman–Crippen LogP) is 18.3. The van der Waals surface area contributed by atoms with Crippen molar-refractivity contribution < 1.29 is 83.5 Å². The Bertz CT molecular complexity index is 3850. The highest BCUT2D eigenvalue weighted by atomic mass is 32.1. The van der Waals surface area contributed by atoms with Crippen molar-refractivity contribution >= 4 is 86.7 Å². The molecule has 0 bridgehead atoms. The highest BCUT2D eigenvalue weighted by Gasteiger charge is 2.46. The lowest BCUT2D eigenvalue weighted by atomic mass is 9.79. The Balaban J connectivity index is 0.000000198. The van der Waals surface area contributed by atoms with Crippen LogP contribution in [0.15, 0.2) is 29.8 Å². The second kappa shape index (κ2) is 41.5. The number of ether oxygens (including phenoxy) is 4. The molecule has 2 atom stereocenters. The topological polar surface area (TPSA) is 291 Å². The molecule has 0 aromatic carbocycles. The third-order valence-electron chi connectivity index (χ3n) is 25.0. The largest absolute Gasteiger partial charge is 0.477 e. The van der Waals surface area contributed by atoms with Gasteiger partial charge in [0.05, 0.1) is 99.8 Å². The van der Waals surface area contributed by atoms with Crippen LogP contribution in [0.3, 0.4) is 0 Å². The van der Waals surface area contributed by atoms with Gasteiger partial charge in [0.15, 0.2) is 0 Å². The lowest BCUT2D eigenvalue weighted by Gasteiger charge is -2.42. The summed E-state index contributed by atoms with van der Waals surface area (Å²) in [5, 5.41) is 73.7. The Morgan fingerprint density at radius 1 is 0.466 bits per heavy atom. The second-order valence-corrected chi connectivity index (χ2v) is 41.0. The van der Waals surface area contributed by atoms with Gasteiger partial charge in [-0.05, 0) is 272 Å². The molecule has 3 aromatic heterocycles. The Kier molecular flexibility index (Phi) is 33.6. The molecule has 3 amide bonds. The molecule has 4 heterocycles. The van der Waals surface area contributed by atoms with Gasteiger partial charge in [-0.3, -0.25) is 14.4 Å². The van der Waals surface area contributed by atoms with Crippen LogP contribution in [0.25, 0.3) is 0 Å². The molecule has 0 radical (unpaired) electrons. The summed E-state index contributed by atoms with van der Waals surface area (Å²) in [7, 11) is 0. The smallest absolute Gasteiger partial charge is 0.348 e. The number of carbonyl (C=O) groups excluding carboxylic acids is 3. The molecule has 7 N–H and O–H groups in total. The average molecular weight is 1660 g/mol. The van der Waals surface area contributed by atoms with Crippen molar-refractivity contribution in [2.75, 3.05) is 54.3 Å². The lowest BCUT2D eigenvalue weighted by Crippen LogP contribution is -2.50. The van der Waals surface area contributed by atoms with Crippen molar-refractivity contribution in [3.63, 3.8) is 0 Å². The molecule has 23 heteroatoms. The number of aliphatic hydroxyl groups excluding tert-OH is 1. The number of carboxylic acid groups (broad SMARTS) is 3. The van der Waals surface area contributed by atoms with Crippen LogP contribution in [0.5, 0.6) is 0 Å². The molecular formula is C93H135N3O17S3. The van der Waals surface area contributed by atoms with E-state index in [9.17, 15) is 64.5 Å². The van der Waals surface area contributed by atoms with E-state index in [0.717, 1.165) is 130 Å². The summed E-state index contributed by atoms with van der Waals surface area (Å²) in [6.07, 6.45) is 28.7. The molecule has 20 nitrogen and oxygen atoms in total. The average Bonchev–Trinajstić information content (AvgIpc) is 1.57. The van der Waals surface area contributed by atoms with E-state index in [2.05, 4.69) is 62.4 Å². The van der Waals surface area contributed by atoms with E-state index in [1.54, 1.807) is 32.9 Å². The lowest BCUT2D eigenvalue weighted by molar-refractivity contribution is -0.126. The van der Waals surface area contributed by atoms with Gasteiger partial charge >= 0.3 is 17.9 Å². The van der Waals surface area contributed by atoms with Crippen molar-refractivity contribution in [1.29, 1.82) is 0 Å². The van der Waals surface area contributed by atoms with Crippen molar-refractivity contribution in [2.24, 2.45) is 45.8 Å². The molecular weight excluding hydrogens is 1530 g/mol. The highest BCUT2D eigenvalue weighted by molar-refractivity contribution is 7.15. The number of anilines is 3. The van der Waals surface area contributed by atoms with Crippen LogP contribution in [0.2, 0.25) is 0 Å². The summed E-state index contributed by atoms with van der Waals surface area (Å²) in [4.78, 5) is 86.8.